The van der Waals surface area contributed by atoms with E-state index in [0.29, 0.717) is 6.29 Å². The van der Waals surface area contributed by atoms with E-state index in [9.17, 15) is 14.4 Å². The average molecular weight is 239 g/mol. The molecule has 0 aromatic rings. The summed E-state index contributed by atoms with van der Waals surface area (Å²) in [7, 11) is 3.24. The van der Waals surface area contributed by atoms with Gasteiger partial charge in [-0.05, 0) is 12.8 Å². The number of carbonyl (C=O) groups is 3. The van der Waals surface area contributed by atoms with Gasteiger partial charge in [-0.1, -0.05) is 19.3 Å². The van der Waals surface area contributed by atoms with Crippen molar-refractivity contribution >= 4 is 18.0 Å². The van der Waals surface area contributed by atoms with Crippen LogP contribution < -0.4 is 0 Å². The molecule has 4 heteroatoms. The molecule has 0 saturated heterocycles. The number of nitrogens with zero attached hydrogens (tertiary/aromatic N) is 1. The van der Waals surface area contributed by atoms with Gasteiger partial charge in [0.15, 0.2) is 0 Å². The minimum atomic E-state index is -0.759. The van der Waals surface area contributed by atoms with E-state index in [0.717, 1.165) is 25.7 Å². The van der Waals surface area contributed by atoms with Gasteiger partial charge < -0.3 is 9.69 Å². The quantitative estimate of drug-likeness (QED) is 0.538. The minimum Gasteiger partial charge on any atom is -0.348 e. The van der Waals surface area contributed by atoms with Gasteiger partial charge in [-0.3, -0.25) is 9.59 Å². The normalized spacial score (nSPS) is 18.5. The van der Waals surface area contributed by atoms with Crippen molar-refractivity contribution in [2.45, 2.75) is 38.5 Å². The molecule has 0 heterocycles. The highest BCUT2D eigenvalue weighted by molar-refractivity contribution is 6.03. The predicted octanol–water partition coefficient (Wildman–Crippen LogP) is 1.43. The zero-order valence-corrected chi connectivity index (χ0v) is 10.6. The van der Waals surface area contributed by atoms with Crippen LogP contribution >= 0.6 is 0 Å². The first-order valence-corrected chi connectivity index (χ1v) is 6.26. The Morgan fingerprint density at radius 3 is 2.29 bits per heavy atom. The van der Waals surface area contributed by atoms with E-state index in [1.54, 1.807) is 14.1 Å². The molecule has 1 aliphatic rings. The van der Waals surface area contributed by atoms with Gasteiger partial charge >= 0.3 is 0 Å². The highest BCUT2D eigenvalue weighted by Crippen LogP contribution is 2.27. The van der Waals surface area contributed by atoms with E-state index in [2.05, 4.69) is 0 Å². The molecule has 1 amide bonds. The van der Waals surface area contributed by atoms with Crippen molar-refractivity contribution in [1.82, 2.24) is 4.90 Å². The summed E-state index contributed by atoms with van der Waals surface area (Å²) in [5.74, 6) is -1.05. The Bertz CT molecular complexity index is 293. The molecule has 0 N–H and O–H groups in total. The van der Waals surface area contributed by atoms with Crippen LogP contribution in [-0.4, -0.2) is 37.0 Å². The van der Waals surface area contributed by atoms with Gasteiger partial charge in [-0.15, -0.1) is 0 Å². The van der Waals surface area contributed by atoms with Crippen molar-refractivity contribution in [3.05, 3.63) is 0 Å². The van der Waals surface area contributed by atoms with Gasteiger partial charge in [0.05, 0.1) is 0 Å². The molecular weight excluding hydrogens is 218 g/mol. The van der Waals surface area contributed by atoms with Crippen LogP contribution in [0.4, 0.5) is 0 Å². The van der Waals surface area contributed by atoms with E-state index >= 15 is 0 Å². The number of hydrogen-bond donors (Lipinski definition) is 0. The molecule has 1 rings (SSSR count). The van der Waals surface area contributed by atoms with E-state index in [4.69, 9.17) is 0 Å². The SMILES string of the molecule is CN(C)C(=O)C(CC=O)C(=O)C1CCCCC1. The zero-order chi connectivity index (χ0) is 12.8. The summed E-state index contributed by atoms with van der Waals surface area (Å²) in [5, 5.41) is 0. The zero-order valence-electron chi connectivity index (χ0n) is 10.6. The highest BCUT2D eigenvalue weighted by atomic mass is 16.2. The number of ketones is 1. The third kappa shape index (κ3) is 3.65. The third-order valence-corrected chi connectivity index (χ3v) is 3.42. The number of amides is 1. The first-order valence-electron chi connectivity index (χ1n) is 6.26. The summed E-state index contributed by atoms with van der Waals surface area (Å²) in [6.45, 7) is 0. The Labute approximate surface area is 102 Å². The maximum Gasteiger partial charge on any atom is 0.233 e. The second kappa shape index (κ2) is 6.52. The van der Waals surface area contributed by atoms with Crippen LogP contribution in [0.3, 0.4) is 0 Å². The lowest BCUT2D eigenvalue weighted by Crippen LogP contribution is -2.38. The maximum absolute atomic E-state index is 12.2. The van der Waals surface area contributed by atoms with Gasteiger partial charge in [0, 0.05) is 26.4 Å². The largest absolute Gasteiger partial charge is 0.348 e. The lowest BCUT2D eigenvalue weighted by molar-refractivity contribution is -0.143. The standard InChI is InChI=1S/C13H21NO3/c1-14(2)13(17)11(8-9-15)12(16)10-6-4-3-5-7-10/h9-11H,3-8H2,1-2H3. The average Bonchev–Trinajstić information content (AvgIpc) is 2.35. The molecule has 0 aromatic heterocycles. The lowest BCUT2D eigenvalue weighted by Gasteiger charge is -2.25. The monoisotopic (exact) mass is 239 g/mol. The molecular formula is C13H21NO3. The summed E-state index contributed by atoms with van der Waals surface area (Å²) in [6, 6.07) is 0. The molecule has 0 aliphatic heterocycles. The minimum absolute atomic E-state index is 0.0161. The van der Waals surface area contributed by atoms with Gasteiger partial charge in [-0.25, -0.2) is 0 Å². The fourth-order valence-corrected chi connectivity index (χ4v) is 2.42. The fourth-order valence-electron chi connectivity index (χ4n) is 2.42. The van der Waals surface area contributed by atoms with Crippen LogP contribution in [0.15, 0.2) is 0 Å². The molecule has 1 unspecified atom stereocenters. The van der Waals surface area contributed by atoms with E-state index in [-0.39, 0.29) is 24.0 Å². The Morgan fingerprint density at radius 2 is 1.82 bits per heavy atom. The Morgan fingerprint density at radius 1 is 1.24 bits per heavy atom. The summed E-state index contributed by atoms with van der Waals surface area (Å²) >= 11 is 0. The van der Waals surface area contributed by atoms with Gasteiger partial charge in [0.25, 0.3) is 0 Å². The maximum atomic E-state index is 12.2. The van der Waals surface area contributed by atoms with Crippen LogP contribution in [0.2, 0.25) is 0 Å². The first kappa shape index (κ1) is 13.9. The highest BCUT2D eigenvalue weighted by Gasteiger charge is 2.33. The number of carbonyl (C=O) groups excluding carboxylic acids is 3. The summed E-state index contributed by atoms with van der Waals surface area (Å²) in [5.41, 5.74) is 0. The van der Waals surface area contributed by atoms with Gasteiger partial charge in [0.2, 0.25) is 5.91 Å². The first-order chi connectivity index (χ1) is 8.07. The van der Waals surface area contributed by atoms with Crippen LogP contribution in [0.1, 0.15) is 38.5 Å². The Kier molecular flexibility index (Phi) is 5.32. The Hall–Kier alpha value is -1.19. The number of hydrogen-bond acceptors (Lipinski definition) is 3. The molecule has 0 radical (unpaired) electrons. The Balaban J connectivity index is 2.71. The molecule has 17 heavy (non-hydrogen) atoms. The van der Waals surface area contributed by atoms with Crippen molar-refractivity contribution < 1.29 is 14.4 Å². The topological polar surface area (TPSA) is 54.5 Å². The number of Topliss-reactive ketones (excluding diaryl/α,β-unsaturated/α-hetero) is 1. The molecule has 0 bridgehead atoms. The van der Waals surface area contributed by atoms with Crippen LogP contribution in [-0.2, 0) is 14.4 Å². The van der Waals surface area contributed by atoms with Crippen molar-refractivity contribution in [3.8, 4) is 0 Å². The number of aldehydes is 1. The van der Waals surface area contributed by atoms with Crippen molar-refractivity contribution in [3.63, 3.8) is 0 Å². The molecule has 1 atom stereocenters. The van der Waals surface area contributed by atoms with E-state index < -0.39 is 5.92 Å². The van der Waals surface area contributed by atoms with Crippen molar-refractivity contribution in [2.24, 2.45) is 11.8 Å². The van der Waals surface area contributed by atoms with Gasteiger partial charge in [-0.2, -0.15) is 0 Å². The summed E-state index contributed by atoms with van der Waals surface area (Å²) in [6.07, 6.45) is 5.72. The van der Waals surface area contributed by atoms with Crippen LogP contribution in [0, 0.1) is 11.8 Å². The number of rotatable bonds is 5. The second-order valence-corrected chi connectivity index (χ2v) is 4.92. The van der Waals surface area contributed by atoms with Crippen molar-refractivity contribution in [1.29, 1.82) is 0 Å². The summed E-state index contributed by atoms with van der Waals surface area (Å²) < 4.78 is 0. The molecule has 1 saturated carbocycles. The van der Waals surface area contributed by atoms with Gasteiger partial charge in [0.1, 0.15) is 18.0 Å². The molecule has 96 valence electrons. The smallest absolute Gasteiger partial charge is 0.233 e. The van der Waals surface area contributed by atoms with Crippen LogP contribution in [0.25, 0.3) is 0 Å². The van der Waals surface area contributed by atoms with Crippen LogP contribution in [0.5, 0.6) is 0 Å². The summed E-state index contributed by atoms with van der Waals surface area (Å²) in [4.78, 5) is 36.1. The molecule has 0 aromatic carbocycles. The fraction of sp³-hybridized carbons (Fsp3) is 0.769. The van der Waals surface area contributed by atoms with Crippen molar-refractivity contribution in [2.75, 3.05) is 14.1 Å². The molecule has 4 nitrogen and oxygen atoms in total. The molecule has 0 spiro atoms. The lowest BCUT2D eigenvalue weighted by atomic mass is 9.80. The molecule has 1 fully saturated rings. The second-order valence-electron chi connectivity index (χ2n) is 4.92. The van der Waals surface area contributed by atoms with E-state index in [1.807, 2.05) is 0 Å². The molecule has 1 aliphatic carbocycles. The third-order valence-electron chi connectivity index (χ3n) is 3.42. The van der Waals surface area contributed by atoms with E-state index in [1.165, 1.54) is 11.3 Å². The predicted molar refractivity (Wildman–Crippen MR) is 64.4 cm³/mol.